The number of rotatable bonds is 3. The summed E-state index contributed by atoms with van der Waals surface area (Å²) >= 11 is 0. The van der Waals surface area contributed by atoms with E-state index < -0.39 is 11.9 Å². The Kier molecular flexibility index (Phi) is 4.22. The van der Waals surface area contributed by atoms with E-state index in [4.69, 9.17) is 5.11 Å². The summed E-state index contributed by atoms with van der Waals surface area (Å²) in [6.07, 6.45) is 0.401. The van der Waals surface area contributed by atoms with E-state index in [9.17, 15) is 9.18 Å². The van der Waals surface area contributed by atoms with Crippen molar-refractivity contribution in [3.63, 3.8) is 0 Å². The molecule has 0 atom stereocenters. The van der Waals surface area contributed by atoms with Crippen molar-refractivity contribution in [2.45, 2.75) is 13.8 Å². The normalized spacial score (nSPS) is 10.7. The smallest absolute Gasteiger partial charge is 0.409 e. The minimum atomic E-state index is -1.31. The van der Waals surface area contributed by atoms with Gasteiger partial charge in [0.15, 0.2) is 0 Å². The molecule has 1 amide bonds. The second kappa shape index (κ2) is 6.35. The molecule has 1 aromatic carbocycles. The Bertz CT molecular complexity index is 988. The first-order valence-electron chi connectivity index (χ1n) is 7.64. The Morgan fingerprint density at radius 1 is 1.16 bits per heavy atom. The molecule has 0 aliphatic carbocycles. The SMILES string of the molecule is CNc1cc2nc(C)c(-c3cc(NC(=O)O)c(F)cc3C)cc2cn1. The molecular formula is C18H17FN4O2. The highest BCUT2D eigenvalue weighted by molar-refractivity contribution is 5.89. The highest BCUT2D eigenvalue weighted by Gasteiger charge is 2.14. The van der Waals surface area contributed by atoms with Gasteiger partial charge in [0.2, 0.25) is 0 Å². The van der Waals surface area contributed by atoms with Crippen LogP contribution in [-0.4, -0.2) is 28.2 Å². The molecule has 128 valence electrons. The highest BCUT2D eigenvalue weighted by atomic mass is 19.1. The van der Waals surface area contributed by atoms with Gasteiger partial charge in [-0.1, -0.05) is 0 Å². The maximum atomic E-state index is 14.0. The third kappa shape index (κ3) is 3.21. The van der Waals surface area contributed by atoms with Gasteiger partial charge < -0.3 is 10.4 Å². The maximum Gasteiger partial charge on any atom is 0.409 e. The van der Waals surface area contributed by atoms with Crippen LogP contribution in [0.3, 0.4) is 0 Å². The van der Waals surface area contributed by atoms with Gasteiger partial charge in [-0.3, -0.25) is 10.3 Å². The third-order valence-corrected chi connectivity index (χ3v) is 3.99. The highest BCUT2D eigenvalue weighted by Crippen LogP contribution is 2.32. The second-order valence-corrected chi connectivity index (χ2v) is 5.71. The van der Waals surface area contributed by atoms with Gasteiger partial charge in [-0.05, 0) is 43.2 Å². The fourth-order valence-electron chi connectivity index (χ4n) is 2.75. The molecule has 0 aliphatic heterocycles. The fraction of sp³-hybridized carbons (Fsp3) is 0.167. The Morgan fingerprint density at radius 2 is 1.92 bits per heavy atom. The summed E-state index contributed by atoms with van der Waals surface area (Å²) in [4.78, 5) is 19.7. The van der Waals surface area contributed by atoms with Crippen LogP contribution in [0, 0.1) is 19.7 Å². The molecule has 0 saturated carbocycles. The van der Waals surface area contributed by atoms with E-state index in [1.165, 1.54) is 12.1 Å². The molecule has 0 spiro atoms. The minimum Gasteiger partial charge on any atom is -0.465 e. The van der Waals surface area contributed by atoms with Crippen molar-refractivity contribution in [3.8, 4) is 11.1 Å². The number of amides is 1. The second-order valence-electron chi connectivity index (χ2n) is 5.71. The average Bonchev–Trinajstić information content (AvgIpc) is 2.56. The number of hydrogen-bond acceptors (Lipinski definition) is 4. The zero-order chi connectivity index (χ0) is 18.1. The summed E-state index contributed by atoms with van der Waals surface area (Å²) in [6.45, 7) is 3.64. The van der Waals surface area contributed by atoms with Crippen molar-refractivity contribution < 1.29 is 14.3 Å². The monoisotopic (exact) mass is 340 g/mol. The van der Waals surface area contributed by atoms with Crippen LogP contribution < -0.4 is 10.6 Å². The van der Waals surface area contributed by atoms with Gasteiger partial charge in [0, 0.05) is 36.0 Å². The predicted octanol–water partition coefficient (Wildman–Crippen LogP) is 4.18. The summed E-state index contributed by atoms with van der Waals surface area (Å²) < 4.78 is 14.0. The topological polar surface area (TPSA) is 87.1 Å². The first-order valence-corrected chi connectivity index (χ1v) is 7.64. The van der Waals surface area contributed by atoms with Gasteiger partial charge in [-0.15, -0.1) is 0 Å². The molecule has 3 aromatic rings. The molecule has 0 bridgehead atoms. The van der Waals surface area contributed by atoms with E-state index in [-0.39, 0.29) is 5.69 Å². The number of pyridine rings is 2. The van der Waals surface area contributed by atoms with Crippen LogP contribution >= 0.6 is 0 Å². The number of benzene rings is 1. The summed E-state index contributed by atoms with van der Waals surface area (Å²) in [5, 5.41) is 14.8. The van der Waals surface area contributed by atoms with Gasteiger partial charge in [0.1, 0.15) is 11.6 Å². The number of fused-ring (bicyclic) bond motifs is 1. The van der Waals surface area contributed by atoms with E-state index in [0.717, 1.165) is 33.5 Å². The molecular weight excluding hydrogens is 323 g/mol. The molecule has 2 aromatic heterocycles. The van der Waals surface area contributed by atoms with E-state index in [0.29, 0.717) is 5.56 Å². The standard InChI is InChI=1S/C18H17FN4O2/c1-9-4-14(19)16(23-18(24)25)6-12(9)13-5-11-8-21-17(20-3)7-15(11)22-10(13)2/h4-8,23H,1-3H3,(H,20,21)(H,24,25). The lowest BCUT2D eigenvalue weighted by Gasteiger charge is -2.13. The van der Waals surface area contributed by atoms with Crippen LogP contribution in [0.25, 0.3) is 22.0 Å². The Labute approximate surface area is 143 Å². The van der Waals surface area contributed by atoms with Crippen molar-refractivity contribution in [2.75, 3.05) is 17.7 Å². The van der Waals surface area contributed by atoms with Crippen LogP contribution in [0.4, 0.5) is 20.7 Å². The van der Waals surface area contributed by atoms with Crippen molar-refractivity contribution in [1.82, 2.24) is 9.97 Å². The number of nitrogens with zero attached hydrogens (tertiary/aromatic N) is 2. The molecule has 0 aliphatic rings. The Hall–Kier alpha value is -3.22. The van der Waals surface area contributed by atoms with Crippen LogP contribution in [-0.2, 0) is 0 Å². The minimum absolute atomic E-state index is 0.0868. The zero-order valence-corrected chi connectivity index (χ0v) is 14.0. The number of aryl methyl sites for hydroxylation is 2. The van der Waals surface area contributed by atoms with Gasteiger partial charge in [-0.2, -0.15) is 0 Å². The van der Waals surface area contributed by atoms with Crippen molar-refractivity contribution in [1.29, 1.82) is 0 Å². The summed E-state index contributed by atoms with van der Waals surface area (Å²) in [5.41, 5.74) is 3.68. The van der Waals surface area contributed by atoms with E-state index in [1.807, 2.05) is 19.1 Å². The van der Waals surface area contributed by atoms with Crippen molar-refractivity contribution in [2.24, 2.45) is 0 Å². The molecule has 25 heavy (non-hydrogen) atoms. The molecule has 0 unspecified atom stereocenters. The number of halogens is 1. The average molecular weight is 340 g/mol. The van der Waals surface area contributed by atoms with Gasteiger partial charge in [0.25, 0.3) is 0 Å². The Morgan fingerprint density at radius 3 is 2.60 bits per heavy atom. The number of carbonyl (C=O) groups is 1. The van der Waals surface area contributed by atoms with Gasteiger partial charge in [-0.25, -0.2) is 14.2 Å². The molecule has 2 heterocycles. The third-order valence-electron chi connectivity index (χ3n) is 3.99. The number of aromatic nitrogens is 2. The summed E-state index contributed by atoms with van der Waals surface area (Å²) in [7, 11) is 1.79. The van der Waals surface area contributed by atoms with E-state index >= 15 is 0 Å². The zero-order valence-electron chi connectivity index (χ0n) is 14.0. The molecule has 0 radical (unpaired) electrons. The number of anilines is 2. The van der Waals surface area contributed by atoms with Crippen molar-refractivity contribution >= 4 is 28.5 Å². The maximum absolute atomic E-state index is 14.0. The lowest BCUT2D eigenvalue weighted by Crippen LogP contribution is -2.09. The first kappa shape index (κ1) is 16.6. The van der Waals surface area contributed by atoms with Gasteiger partial charge >= 0.3 is 6.09 Å². The predicted molar refractivity (Wildman–Crippen MR) is 95.6 cm³/mol. The van der Waals surface area contributed by atoms with Crippen LogP contribution in [0.5, 0.6) is 0 Å². The first-order chi connectivity index (χ1) is 11.9. The quantitative estimate of drug-likeness (QED) is 0.666. The largest absolute Gasteiger partial charge is 0.465 e. The molecule has 0 fully saturated rings. The molecule has 3 rings (SSSR count). The van der Waals surface area contributed by atoms with Crippen LogP contribution in [0.15, 0.2) is 30.5 Å². The Balaban J connectivity index is 2.18. The summed E-state index contributed by atoms with van der Waals surface area (Å²) in [6, 6.07) is 6.58. The number of nitrogens with one attached hydrogen (secondary N) is 2. The molecule has 0 saturated heterocycles. The van der Waals surface area contributed by atoms with E-state index in [2.05, 4.69) is 20.6 Å². The lowest BCUT2D eigenvalue weighted by molar-refractivity contribution is 0.209. The van der Waals surface area contributed by atoms with Crippen molar-refractivity contribution in [3.05, 3.63) is 47.5 Å². The lowest BCUT2D eigenvalue weighted by atomic mass is 9.97. The van der Waals surface area contributed by atoms with Crippen LogP contribution in [0.1, 0.15) is 11.3 Å². The summed E-state index contributed by atoms with van der Waals surface area (Å²) in [5.74, 6) is 0.105. The van der Waals surface area contributed by atoms with Crippen LogP contribution in [0.2, 0.25) is 0 Å². The van der Waals surface area contributed by atoms with E-state index in [1.54, 1.807) is 20.2 Å². The molecule has 3 N–H and O–H groups in total. The number of carboxylic acid groups (broad SMARTS) is 1. The number of hydrogen-bond donors (Lipinski definition) is 3. The molecule has 6 nitrogen and oxygen atoms in total. The fourth-order valence-corrected chi connectivity index (χ4v) is 2.75. The molecule has 7 heteroatoms. The van der Waals surface area contributed by atoms with Gasteiger partial charge in [0.05, 0.1) is 11.2 Å².